The lowest BCUT2D eigenvalue weighted by Gasteiger charge is -2.16. The third-order valence-electron chi connectivity index (χ3n) is 6.47. The van der Waals surface area contributed by atoms with Crippen LogP contribution in [0.25, 0.3) is 0 Å². The Labute approximate surface area is 223 Å². The molecule has 2 aromatic carbocycles. The van der Waals surface area contributed by atoms with Gasteiger partial charge in [0.2, 0.25) is 0 Å². The molecule has 0 aliphatic heterocycles. The van der Waals surface area contributed by atoms with Crippen molar-refractivity contribution in [3.05, 3.63) is 48.0 Å². The van der Waals surface area contributed by atoms with Crippen LogP contribution in [0.2, 0.25) is 0 Å². The van der Waals surface area contributed by atoms with Crippen LogP contribution in [0.5, 0.6) is 11.5 Å². The van der Waals surface area contributed by atoms with E-state index < -0.39 is 30.0 Å². The van der Waals surface area contributed by atoms with Gasteiger partial charge >= 0.3 is 0 Å². The Morgan fingerprint density at radius 1 is 0.622 bits per heavy atom. The molecule has 0 radical (unpaired) electrons. The van der Waals surface area contributed by atoms with Crippen LogP contribution >= 0.6 is 0 Å². The molecule has 2 aromatic rings. The maximum Gasteiger partial charge on any atom is 0.296 e. The average molecular weight is 555 g/mol. The van der Waals surface area contributed by atoms with Gasteiger partial charge in [0.15, 0.2) is 0 Å². The molecular weight excluding hydrogens is 512 g/mol. The number of benzene rings is 2. The van der Waals surface area contributed by atoms with Crippen LogP contribution in [0.3, 0.4) is 0 Å². The molecule has 0 amide bonds. The van der Waals surface area contributed by atoms with E-state index in [1.54, 1.807) is 30.3 Å². The summed E-state index contributed by atoms with van der Waals surface area (Å²) in [6.45, 7) is 2.23. The highest BCUT2D eigenvalue weighted by Gasteiger charge is 2.29. The maximum atomic E-state index is 12.2. The molecule has 0 aliphatic carbocycles. The molecule has 0 aromatic heterocycles. The van der Waals surface area contributed by atoms with Gasteiger partial charge in [0.25, 0.3) is 20.2 Å². The molecule has 37 heavy (non-hydrogen) atoms. The van der Waals surface area contributed by atoms with Crippen molar-refractivity contribution < 1.29 is 30.7 Å². The van der Waals surface area contributed by atoms with E-state index in [1.807, 2.05) is 0 Å². The van der Waals surface area contributed by atoms with Crippen molar-refractivity contribution in [1.82, 2.24) is 0 Å². The Bertz CT molecular complexity index is 1140. The second kappa shape index (κ2) is 16.1. The summed E-state index contributed by atoms with van der Waals surface area (Å²) in [5, 5.41) is 0. The molecule has 0 aliphatic rings. The highest BCUT2D eigenvalue weighted by molar-refractivity contribution is 7.89. The van der Waals surface area contributed by atoms with E-state index in [1.165, 1.54) is 63.9 Å². The molecule has 0 bridgehead atoms. The standard InChI is InChI=1S/C28H42O7S2/c1-2-3-4-5-6-7-8-9-10-11-12-13-14-18-21-25-26(35-24-19-16-15-17-20-24)22-23-27(36(29,30)31)28(25)37(32,33)34/h15-17,19-20,22-23H,2-14,18,21H2,1H3,(H,29,30,31)(H,32,33,34). The minimum atomic E-state index is -4.95. The van der Waals surface area contributed by atoms with Gasteiger partial charge in [-0.1, -0.05) is 109 Å². The predicted octanol–water partition coefficient (Wildman–Crippen LogP) is 8.00. The van der Waals surface area contributed by atoms with Gasteiger partial charge < -0.3 is 4.74 Å². The Morgan fingerprint density at radius 3 is 1.57 bits per heavy atom. The zero-order chi connectivity index (χ0) is 27.2. The summed E-state index contributed by atoms with van der Waals surface area (Å²) in [5.74, 6) is 0.562. The summed E-state index contributed by atoms with van der Waals surface area (Å²) in [4.78, 5) is -1.67. The van der Waals surface area contributed by atoms with Gasteiger partial charge in [0.1, 0.15) is 21.3 Å². The summed E-state index contributed by atoms with van der Waals surface area (Å²) in [7, 11) is -9.83. The molecule has 0 saturated carbocycles. The van der Waals surface area contributed by atoms with Crippen LogP contribution in [0.15, 0.2) is 52.3 Å². The van der Waals surface area contributed by atoms with E-state index in [4.69, 9.17) is 4.74 Å². The monoisotopic (exact) mass is 554 g/mol. The van der Waals surface area contributed by atoms with E-state index in [9.17, 15) is 25.9 Å². The Morgan fingerprint density at radius 2 is 1.11 bits per heavy atom. The molecule has 2 N–H and O–H groups in total. The topological polar surface area (TPSA) is 118 Å². The van der Waals surface area contributed by atoms with Crippen molar-refractivity contribution in [2.75, 3.05) is 0 Å². The lowest BCUT2D eigenvalue weighted by Crippen LogP contribution is -2.12. The Kier molecular flexibility index (Phi) is 13.6. The minimum Gasteiger partial charge on any atom is -0.457 e. The van der Waals surface area contributed by atoms with Crippen LogP contribution < -0.4 is 4.74 Å². The summed E-state index contributed by atoms with van der Waals surface area (Å²) < 4.78 is 73.4. The normalized spacial score (nSPS) is 12.1. The molecule has 0 saturated heterocycles. The fourth-order valence-electron chi connectivity index (χ4n) is 4.52. The van der Waals surface area contributed by atoms with Crippen LogP contribution in [0.1, 0.15) is 102 Å². The number of hydrogen-bond donors (Lipinski definition) is 2. The maximum absolute atomic E-state index is 12.2. The van der Waals surface area contributed by atoms with Crippen LogP contribution in [0, 0.1) is 0 Å². The molecule has 7 nitrogen and oxygen atoms in total. The summed E-state index contributed by atoms with van der Waals surface area (Å²) >= 11 is 0. The van der Waals surface area contributed by atoms with Crippen molar-refractivity contribution >= 4 is 20.2 Å². The Balaban J connectivity index is 1.93. The zero-order valence-electron chi connectivity index (χ0n) is 21.9. The molecular formula is C28H42O7S2. The summed E-state index contributed by atoms with van der Waals surface area (Å²) in [6.07, 6.45) is 16.5. The van der Waals surface area contributed by atoms with Gasteiger partial charge in [-0.2, -0.15) is 16.8 Å². The highest BCUT2D eigenvalue weighted by Crippen LogP contribution is 2.36. The molecule has 208 valence electrons. The number of hydrogen-bond acceptors (Lipinski definition) is 5. The third-order valence-corrected chi connectivity index (χ3v) is 8.48. The van der Waals surface area contributed by atoms with Gasteiger partial charge in [0.05, 0.1) is 0 Å². The van der Waals surface area contributed by atoms with Crippen molar-refractivity contribution in [1.29, 1.82) is 0 Å². The second-order valence-electron chi connectivity index (χ2n) is 9.58. The van der Waals surface area contributed by atoms with Crippen LogP contribution in [-0.2, 0) is 26.7 Å². The molecule has 2 rings (SSSR count). The van der Waals surface area contributed by atoms with Crippen LogP contribution in [0.4, 0.5) is 0 Å². The fourth-order valence-corrected chi connectivity index (χ4v) is 6.58. The molecule has 0 heterocycles. The largest absolute Gasteiger partial charge is 0.457 e. The quantitative estimate of drug-likeness (QED) is 0.133. The highest BCUT2D eigenvalue weighted by atomic mass is 32.2. The minimum absolute atomic E-state index is 0.0421. The fraction of sp³-hybridized carbons (Fsp3) is 0.571. The number of ether oxygens (including phenoxy) is 1. The lowest BCUT2D eigenvalue weighted by molar-refractivity contribution is 0.451. The van der Waals surface area contributed by atoms with E-state index in [2.05, 4.69) is 6.92 Å². The second-order valence-corrected chi connectivity index (χ2v) is 12.3. The van der Waals surface area contributed by atoms with Gasteiger partial charge in [-0.3, -0.25) is 9.11 Å². The smallest absolute Gasteiger partial charge is 0.296 e. The van der Waals surface area contributed by atoms with Crippen molar-refractivity contribution in [2.45, 2.75) is 113 Å². The van der Waals surface area contributed by atoms with E-state index in [0.29, 0.717) is 12.2 Å². The molecule has 9 heteroatoms. The van der Waals surface area contributed by atoms with Gasteiger partial charge in [-0.15, -0.1) is 0 Å². The first kappa shape index (κ1) is 31.3. The molecule has 0 fully saturated rings. The first-order valence-electron chi connectivity index (χ1n) is 13.5. The summed E-state index contributed by atoms with van der Waals surface area (Å²) in [5.41, 5.74) is 0.0421. The van der Waals surface area contributed by atoms with Crippen molar-refractivity contribution in [3.8, 4) is 11.5 Å². The van der Waals surface area contributed by atoms with Crippen molar-refractivity contribution in [3.63, 3.8) is 0 Å². The average Bonchev–Trinajstić information content (AvgIpc) is 2.84. The number of rotatable bonds is 19. The first-order valence-corrected chi connectivity index (χ1v) is 16.4. The predicted molar refractivity (Wildman–Crippen MR) is 147 cm³/mol. The van der Waals surface area contributed by atoms with Crippen LogP contribution in [-0.4, -0.2) is 25.9 Å². The van der Waals surface area contributed by atoms with E-state index in [-0.39, 0.29) is 17.7 Å². The zero-order valence-corrected chi connectivity index (χ0v) is 23.5. The third kappa shape index (κ3) is 11.5. The number of unbranched alkanes of at least 4 members (excludes halogenated alkanes) is 13. The van der Waals surface area contributed by atoms with Gasteiger partial charge in [-0.05, 0) is 37.1 Å². The number of para-hydroxylation sites is 1. The van der Waals surface area contributed by atoms with E-state index >= 15 is 0 Å². The SMILES string of the molecule is CCCCCCCCCCCCCCCCc1c(Oc2ccccc2)ccc(S(=O)(=O)O)c1S(=O)(=O)O. The first-order chi connectivity index (χ1) is 17.6. The van der Waals surface area contributed by atoms with Gasteiger partial charge in [-0.25, -0.2) is 0 Å². The lowest BCUT2D eigenvalue weighted by atomic mass is 10.0. The molecule has 0 atom stereocenters. The Hall–Kier alpha value is -1.94. The van der Waals surface area contributed by atoms with E-state index in [0.717, 1.165) is 31.7 Å². The molecule has 0 unspecified atom stereocenters. The van der Waals surface area contributed by atoms with Crippen molar-refractivity contribution in [2.24, 2.45) is 0 Å². The van der Waals surface area contributed by atoms with Gasteiger partial charge in [0, 0.05) is 5.56 Å². The summed E-state index contributed by atoms with van der Waals surface area (Å²) in [6, 6.07) is 10.9. The molecule has 0 spiro atoms.